The normalized spacial score (nSPS) is 14.8. The maximum atomic E-state index is 10.8. The van der Waals surface area contributed by atoms with Gasteiger partial charge in [-0.25, -0.2) is 4.79 Å². The van der Waals surface area contributed by atoms with Crippen LogP contribution in [0.5, 0.6) is 0 Å². The molecule has 0 spiro atoms. The van der Waals surface area contributed by atoms with Crippen LogP contribution in [-0.2, 0) is 14.3 Å². The lowest BCUT2D eigenvalue weighted by molar-refractivity contribution is -0.166. The van der Waals surface area contributed by atoms with E-state index in [1.165, 1.54) is 6.92 Å². The molecule has 0 bridgehead atoms. The molecule has 0 rings (SSSR count). The summed E-state index contributed by atoms with van der Waals surface area (Å²) in [4.78, 5) is 21.6. The van der Waals surface area contributed by atoms with Crippen LogP contribution in [0.4, 0.5) is 0 Å². The molecule has 0 saturated heterocycles. The van der Waals surface area contributed by atoms with Gasteiger partial charge < -0.3 is 14.9 Å². The number of aliphatic hydroxyl groups excluding tert-OH is 2. The van der Waals surface area contributed by atoms with Crippen molar-refractivity contribution in [3.63, 3.8) is 0 Å². The first-order valence-corrected chi connectivity index (χ1v) is 4.08. The lowest BCUT2D eigenvalue weighted by Gasteiger charge is -2.07. The molecule has 2 unspecified atom stereocenters. The molecule has 2 atom stereocenters. The van der Waals surface area contributed by atoms with Gasteiger partial charge in [0, 0.05) is 0 Å². The Morgan fingerprint density at radius 3 is 2.31 bits per heavy atom. The number of hydrogen-bond acceptors (Lipinski definition) is 5. The van der Waals surface area contributed by atoms with Crippen LogP contribution < -0.4 is 0 Å². The van der Waals surface area contributed by atoms with Crippen LogP contribution in [0, 0.1) is 0 Å². The second-order valence-electron chi connectivity index (χ2n) is 2.77. The van der Waals surface area contributed by atoms with Crippen molar-refractivity contribution in [3.05, 3.63) is 0 Å². The van der Waals surface area contributed by atoms with Crippen molar-refractivity contribution in [1.82, 2.24) is 0 Å². The molecular weight excluding hydrogens is 176 g/mol. The second kappa shape index (κ2) is 5.66. The van der Waals surface area contributed by atoms with E-state index in [1.807, 2.05) is 0 Å². The van der Waals surface area contributed by atoms with Crippen LogP contribution >= 0.6 is 0 Å². The van der Waals surface area contributed by atoms with E-state index in [0.29, 0.717) is 0 Å². The lowest BCUT2D eigenvalue weighted by Crippen LogP contribution is -2.26. The summed E-state index contributed by atoms with van der Waals surface area (Å²) >= 11 is 0. The fraction of sp³-hybridized carbons (Fsp3) is 0.750. The molecule has 0 radical (unpaired) electrons. The molecule has 0 aliphatic rings. The molecule has 0 fully saturated rings. The smallest absolute Gasteiger partial charge is 0.342 e. The number of esters is 2. The molecule has 2 N–H and O–H groups in total. The van der Waals surface area contributed by atoms with E-state index in [1.54, 1.807) is 6.92 Å². The summed E-state index contributed by atoms with van der Waals surface area (Å²) in [5, 5.41) is 17.7. The van der Waals surface area contributed by atoms with Crippen molar-refractivity contribution in [1.29, 1.82) is 0 Å². The van der Waals surface area contributed by atoms with Crippen LogP contribution in [0.3, 0.4) is 0 Å². The maximum absolute atomic E-state index is 10.8. The first kappa shape index (κ1) is 12.1. The standard InChI is InChI=1S/C8H14O5/c1-3-6(10)8(12)13-7(11)4-5(2)9/h5-6,9-10H,3-4H2,1-2H3. The van der Waals surface area contributed by atoms with Crippen molar-refractivity contribution in [2.45, 2.75) is 38.9 Å². The van der Waals surface area contributed by atoms with Gasteiger partial charge in [0.15, 0.2) is 6.10 Å². The van der Waals surface area contributed by atoms with Crippen LogP contribution in [0.1, 0.15) is 26.7 Å². The summed E-state index contributed by atoms with van der Waals surface area (Å²) in [5.41, 5.74) is 0. The van der Waals surface area contributed by atoms with Gasteiger partial charge in [-0.2, -0.15) is 0 Å². The molecule has 0 heterocycles. The van der Waals surface area contributed by atoms with Gasteiger partial charge in [0.2, 0.25) is 0 Å². The number of ether oxygens (including phenoxy) is 1. The van der Waals surface area contributed by atoms with E-state index >= 15 is 0 Å². The van der Waals surface area contributed by atoms with Crippen molar-refractivity contribution in [2.75, 3.05) is 0 Å². The van der Waals surface area contributed by atoms with E-state index in [0.717, 1.165) is 0 Å². The number of carbonyl (C=O) groups is 2. The molecule has 0 saturated carbocycles. The Kier molecular flexibility index (Phi) is 5.25. The van der Waals surface area contributed by atoms with Crippen LogP contribution in [0.15, 0.2) is 0 Å². The summed E-state index contributed by atoms with van der Waals surface area (Å²) in [6, 6.07) is 0. The highest BCUT2D eigenvalue weighted by Crippen LogP contribution is 1.98. The highest BCUT2D eigenvalue weighted by Gasteiger charge is 2.18. The summed E-state index contributed by atoms with van der Waals surface area (Å²) in [5.74, 6) is -1.79. The van der Waals surface area contributed by atoms with Crippen LogP contribution in [-0.4, -0.2) is 34.4 Å². The van der Waals surface area contributed by atoms with Crippen molar-refractivity contribution in [2.24, 2.45) is 0 Å². The Bertz CT molecular complexity index is 187. The Hall–Kier alpha value is -0.940. The number of rotatable bonds is 4. The summed E-state index contributed by atoms with van der Waals surface area (Å²) in [6.07, 6.45) is -2.17. The van der Waals surface area contributed by atoms with Gasteiger partial charge in [0.25, 0.3) is 0 Å². The van der Waals surface area contributed by atoms with Gasteiger partial charge in [0.05, 0.1) is 12.5 Å². The van der Waals surface area contributed by atoms with E-state index in [9.17, 15) is 9.59 Å². The maximum Gasteiger partial charge on any atom is 0.342 e. The molecule has 0 amide bonds. The minimum Gasteiger partial charge on any atom is -0.393 e. The van der Waals surface area contributed by atoms with Crippen LogP contribution in [0.25, 0.3) is 0 Å². The predicted molar refractivity (Wildman–Crippen MR) is 43.7 cm³/mol. The van der Waals surface area contributed by atoms with Gasteiger partial charge in [-0.05, 0) is 13.3 Å². The quantitative estimate of drug-likeness (QED) is 0.465. The molecule has 0 aliphatic heterocycles. The Morgan fingerprint density at radius 2 is 1.92 bits per heavy atom. The largest absolute Gasteiger partial charge is 0.393 e. The summed E-state index contributed by atoms with van der Waals surface area (Å²) in [6.45, 7) is 2.99. The molecule has 0 aromatic carbocycles. The molecule has 0 aromatic rings. The van der Waals surface area contributed by atoms with Gasteiger partial charge in [-0.3, -0.25) is 4.79 Å². The number of aliphatic hydroxyl groups is 2. The van der Waals surface area contributed by atoms with E-state index in [-0.39, 0.29) is 12.8 Å². The molecule has 0 aliphatic carbocycles. The molecule has 76 valence electrons. The number of hydrogen-bond donors (Lipinski definition) is 2. The Morgan fingerprint density at radius 1 is 1.38 bits per heavy atom. The third-order valence-electron chi connectivity index (χ3n) is 1.34. The first-order chi connectivity index (χ1) is 5.97. The van der Waals surface area contributed by atoms with Gasteiger partial charge in [-0.1, -0.05) is 6.92 Å². The zero-order valence-corrected chi connectivity index (χ0v) is 7.69. The molecule has 0 aromatic heterocycles. The third kappa shape index (κ3) is 5.32. The molecule has 5 heteroatoms. The topological polar surface area (TPSA) is 83.8 Å². The zero-order valence-electron chi connectivity index (χ0n) is 7.69. The molecule has 5 nitrogen and oxygen atoms in total. The average molecular weight is 190 g/mol. The van der Waals surface area contributed by atoms with E-state index in [2.05, 4.69) is 4.74 Å². The molecule has 13 heavy (non-hydrogen) atoms. The predicted octanol–water partition coefficient (Wildman–Crippen LogP) is -0.402. The highest BCUT2D eigenvalue weighted by molar-refractivity contribution is 5.87. The van der Waals surface area contributed by atoms with Crippen molar-refractivity contribution >= 4 is 11.9 Å². The minimum atomic E-state index is -1.27. The van der Waals surface area contributed by atoms with Crippen molar-refractivity contribution < 1.29 is 24.5 Å². The SMILES string of the molecule is CCC(O)C(=O)OC(=O)CC(C)O. The molecular formula is C8H14O5. The Labute approximate surface area is 76.3 Å². The fourth-order valence-corrected chi connectivity index (χ4v) is 0.630. The van der Waals surface area contributed by atoms with Crippen LogP contribution in [0.2, 0.25) is 0 Å². The summed E-state index contributed by atoms with van der Waals surface area (Å²) < 4.78 is 4.23. The summed E-state index contributed by atoms with van der Waals surface area (Å²) in [7, 11) is 0. The average Bonchev–Trinajstić information content (AvgIpc) is 2.01. The van der Waals surface area contributed by atoms with E-state index in [4.69, 9.17) is 10.2 Å². The van der Waals surface area contributed by atoms with Gasteiger partial charge in [-0.15, -0.1) is 0 Å². The lowest BCUT2D eigenvalue weighted by atomic mass is 10.3. The monoisotopic (exact) mass is 190 g/mol. The number of carbonyl (C=O) groups excluding carboxylic acids is 2. The fourth-order valence-electron chi connectivity index (χ4n) is 0.630. The second-order valence-corrected chi connectivity index (χ2v) is 2.77. The van der Waals surface area contributed by atoms with E-state index < -0.39 is 24.1 Å². The van der Waals surface area contributed by atoms with Crippen molar-refractivity contribution in [3.8, 4) is 0 Å². The third-order valence-corrected chi connectivity index (χ3v) is 1.34. The van der Waals surface area contributed by atoms with Gasteiger partial charge in [0.1, 0.15) is 0 Å². The Balaban J connectivity index is 3.85. The highest BCUT2D eigenvalue weighted by atomic mass is 16.6. The zero-order chi connectivity index (χ0) is 10.4. The first-order valence-electron chi connectivity index (χ1n) is 4.08. The van der Waals surface area contributed by atoms with Gasteiger partial charge >= 0.3 is 11.9 Å². The minimum absolute atomic E-state index is 0.195.